The third kappa shape index (κ3) is 4.93. The summed E-state index contributed by atoms with van der Waals surface area (Å²) in [5, 5.41) is 6.58. The molecule has 0 radical (unpaired) electrons. The summed E-state index contributed by atoms with van der Waals surface area (Å²) in [6, 6.07) is 17.3. The average molecular weight is 509 g/mol. The SMILES string of the molecule is Cl.Cl.O=c1cc(-c2ncc3ccccc3n2)ccn1-c1ccc2c(cnn2CCN2CCCC2)c1. The van der Waals surface area contributed by atoms with E-state index < -0.39 is 0 Å². The van der Waals surface area contributed by atoms with Gasteiger partial charge in [0, 0.05) is 47.0 Å². The highest BCUT2D eigenvalue weighted by Gasteiger charge is 2.13. The van der Waals surface area contributed by atoms with E-state index in [4.69, 9.17) is 0 Å². The van der Waals surface area contributed by atoms with Gasteiger partial charge in [-0.1, -0.05) is 18.2 Å². The minimum atomic E-state index is -0.120. The van der Waals surface area contributed by atoms with Crippen LogP contribution in [-0.2, 0) is 6.54 Å². The molecule has 0 amide bonds. The number of benzene rings is 2. The lowest BCUT2D eigenvalue weighted by Gasteiger charge is -2.14. The highest BCUT2D eigenvalue weighted by atomic mass is 35.5. The van der Waals surface area contributed by atoms with E-state index >= 15 is 0 Å². The van der Waals surface area contributed by atoms with Crippen LogP contribution in [0, 0.1) is 0 Å². The maximum absolute atomic E-state index is 12.9. The Balaban J connectivity index is 0.00000144. The van der Waals surface area contributed by atoms with Crippen molar-refractivity contribution in [1.82, 2.24) is 29.2 Å². The van der Waals surface area contributed by atoms with Gasteiger partial charge in [0.2, 0.25) is 0 Å². The zero-order chi connectivity index (χ0) is 22.2. The molecule has 0 spiro atoms. The number of rotatable bonds is 5. The number of pyridine rings is 1. The van der Waals surface area contributed by atoms with Crippen molar-refractivity contribution in [2.45, 2.75) is 19.4 Å². The summed E-state index contributed by atoms with van der Waals surface area (Å²) >= 11 is 0. The lowest BCUT2D eigenvalue weighted by molar-refractivity contribution is 0.318. The summed E-state index contributed by atoms with van der Waals surface area (Å²) in [5.41, 5.74) is 3.35. The van der Waals surface area contributed by atoms with Gasteiger partial charge in [-0.15, -0.1) is 24.8 Å². The Kier molecular flexibility index (Phi) is 7.50. The zero-order valence-electron chi connectivity index (χ0n) is 19.1. The van der Waals surface area contributed by atoms with Crippen LogP contribution in [0.5, 0.6) is 0 Å². The van der Waals surface area contributed by atoms with Crippen LogP contribution in [0.1, 0.15) is 12.8 Å². The van der Waals surface area contributed by atoms with E-state index in [1.165, 1.54) is 25.9 Å². The number of likely N-dealkylation sites (tertiary alicyclic amines) is 1. The van der Waals surface area contributed by atoms with Gasteiger partial charge in [0.25, 0.3) is 5.56 Å². The van der Waals surface area contributed by atoms with Crippen LogP contribution in [0.2, 0.25) is 0 Å². The van der Waals surface area contributed by atoms with Crippen LogP contribution in [0.15, 0.2) is 78.0 Å². The predicted molar refractivity (Wildman–Crippen MR) is 144 cm³/mol. The van der Waals surface area contributed by atoms with Gasteiger partial charge in [-0.25, -0.2) is 9.97 Å². The molecule has 0 unspecified atom stereocenters. The second-order valence-electron chi connectivity index (χ2n) is 8.54. The molecule has 5 aromatic rings. The minimum absolute atomic E-state index is 0. The van der Waals surface area contributed by atoms with E-state index in [1.54, 1.807) is 23.0 Å². The van der Waals surface area contributed by atoms with Crippen molar-refractivity contribution in [2.75, 3.05) is 19.6 Å². The summed E-state index contributed by atoms with van der Waals surface area (Å²) in [7, 11) is 0. The van der Waals surface area contributed by atoms with Gasteiger partial charge < -0.3 is 4.90 Å². The summed E-state index contributed by atoms with van der Waals surface area (Å²) in [5.74, 6) is 0.549. The number of fused-ring (bicyclic) bond motifs is 2. The van der Waals surface area contributed by atoms with Gasteiger partial charge in [-0.3, -0.25) is 14.0 Å². The van der Waals surface area contributed by atoms with Crippen LogP contribution in [-0.4, -0.2) is 48.8 Å². The summed E-state index contributed by atoms with van der Waals surface area (Å²) in [6.07, 6.45) is 8.05. The summed E-state index contributed by atoms with van der Waals surface area (Å²) in [6.45, 7) is 4.28. The Labute approximate surface area is 215 Å². The van der Waals surface area contributed by atoms with Crippen LogP contribution < -0.4 is 5.56 Å². The molecule has 2 aromatic carbocycles. The molecule has 0 atom stereocenters. The largest absolute Gasteiger partial charge is 0.301 e. The van der Waals surface area contributed by atoms with Gasteiger partial charge in [-0.2, -0.15) is 5.10 Å². The molecule has 0 aliphatic carbocycles. The van der Waals surface area contributed by atoms with Crippen LogP contribution in [0.25, 0.3) is 38.9 Å². The first kappa shape index (κ1) is 24.9. The van der Waals surface area contributed by atoms with Gasteiger partial charge in [-0.05, 0) is 56.3 Å². The molecular weight excluding hydrogens is 483 g/mol. The number of para-hydroxylation sites is 1. The maximum Gasteiger partial charge on any atom is 0.255 e. The Morgan fingerprint density at radius 2 is 1.69 bits per heavy atom. The molecule has 9 heteroatoms. The highest BCUT2D eigenvalue weighted by molar-refractivity contribution is 5.85. The second-order valence-corrected chi connectivity index (χ2v) is 8.54. The predicted octanol–water partition coefficient (Wildman–Crippen LogP) is 4.74. The van der Waals surface area contributed by atoms with E-state index in [-0.39, 0.29) is 30.4 Å². The zero-order valence-corrected chi connectivity index (χ0v) is 20.7. The molecule has 1 saturated heterocycles. The normalized spacial score (nSPS) is 13.6. The molecule has 7 nitrogen and oxygen atoms in total. The number of aromatic nitrogens is 5. The first-order chi connectivity index (χ1) is 16.2. The first-order valence-electron chi connectivity index (χ1n) is 11.4. The summed E-state index contributed by atoms with van der Waals surface area (Å²) < 4.78 is 3.70. The van der Waals surface area contributed by atoms with Crippen molar-refractivity contribution in [3.8, 4) is 17.1 Å². The third-order valence-corrected chi connectivity index (χ3v) is 6.40. The van der Waals surface area contributed by atoms with E-state index in [1.807, 2.05) is 48.7 Å². The van der Waals surface area contributed by atoms with E-state index in [2.05, 4.69) is 30.7 Å². The molecule has 6 rings (SSSR count). The molecule has 1 aliphatic rings. The first-order valence-corrected chi connectivity index (χ1v) is 11.4. The summed E-state index contributed by atoms with van der Waals surface area (Å²) in [4.78, 5) is 24.5. The molecule has 0 saturated carbocycles. The number of halogens is 2. The molecule has 35 heavy (non-hydrogen) atoms. The van der Waals surface area contributed by atoms with E-state index in [9.17, 15) is 4.79 Å². The fraction of sp³-hybridized carbons (Fsp3) is 0.231. The average Bonchev–Trinajstić information content (AvgIpc) is 3.52. The molecule has 4 heterocycles. The van der Waals surface area contributed by atoms with Crippen molar-refractivity contribution in [3.63, 3.8) is 0 Å². The molecule has 0 bridgehead atoms. The van der Waals surface area contributed by atoms with Crippen molar-refractivity contribution in [3.05, 3.63) is 83.5 Å². The van der Waals surface area contributed by atoms with Gasteiger partial charge >= 0.3 is 0 Å². The molecule has 180 valence electrons. The Morgan fingerprint density at radius 3 is 2.51 bits per heavy atom. The molecule has 1 aliphatic heterocycles. The third-order valence-electron chi connectivity index (χ3n) is 6.40. The Hall–Kier alpha value is -3.26. The Bertz CT molecular complexity index is 1520. The van der Waals surface area contributed by atoms with E-state index in [0.29, 0.717) is 11.4 Å². The van der Waals surface area contributed by atoms with E-state index in [0.717, 1.165) is 40.6 Å². The number of hydrogen-bond donors (Lipinski definition) is 0. The topological polar surface area (TPSA) is 68.8 Å². The Morgan fingerprint density at radius 1 is 0.857 bits per heavy atom. The monoisotopic (exact) mass is 508 g/mol. The van der Waals surface area contributed by atoms with Crippen LogP contribution >= 0.6 is 24.8 Å². The fourth-order valence-electron chi connectivity index (χ4n) is 4.59. The fourth-order valence-corrected chi connectivity index (χ4v) is 4.59. The lowest BCUT2D eigenvalue weighted by atomic mass is 10.2. The quantitative estimate of drug-likeness (QED) is 0.343. The van der Waals surface area contributed by atoms with Crippen LogP contribution in [0.4, 0.5) is 0 Å². The molecule has 0 N–H and O–H groups in total. The molecule has 3 aromatic heterocycles. The minimum Gasteiger partial charge on any atom is -0.301 e. The smallest absolute Gasteiger partial charge is 0.255 e. The van der Waals surface area contributed by atoms with Gasteiger partial charge in [0.15, 0.2) is 5.82 Å². The second kappa shape index (κ2) is 10.6. The highest BCUT2D eigenvalue weighted by Crippen LogP contribution is 2.20. The van der Waals surface area contributed by atoms with Crippen molar-refractivity contribution < 1.29 is 0 Å². The molecule has 1 fully saturated rings. The van der Waals surface area contributed by atoms with Gasteiger partial charge in [0.05, 0.1) is 23.8 Å². The van der Waals surface area contributed by atoms with Crippen molar-refractivity contribution in [2.24, 2.45) is 0 Å². The standard InChI is InChI=1S/C26H24N6O.2ClH/c33-25-16-19(26-27-17-20-5-1-2-6-23(20)29-26)9-12-31(25)22-7-8-24-21(15-22)18-28-32(24)14-13-30-10-3-4-11-30;;/h1-2,5-9,12,15-18H,3-4,10-11,13-14H2;2*1H. The van der Waals surface area contributed by atoms with Crippen molar-refractivity contribution >= 4 is 46.6 Å². The maximum atomic E-state index is 12.9. The molecular formula is C26H26Cl2N6O. The number of hydrogen-bond acceptors (Lipinski definition) is 5. The number of nitrogens with zero attached hydrogens (tertiary/aromatic N) is 6. The van der Waals surface area contributed by atoms with Crippen LogP contribution in [0.3, 0.4) is 0 Å². The lowest BCUT2D eigenvalue weighted by Crippen LogP contribution is -2.24. The van der Waals surface area contributed by atoms with Gasteiger partial charge in [0.1, 0.15) is 0 Å². The van der Waals surface area contributed by atoms with Crippen molar-refractivity contribution in [1.29, 1.82) is 0 Å².